The molecule has 0 unspecified atom stereocenters. The lowest BCUT2D eigenvalue weighted by Gasteiger charge is -2.34. The number of anilines is 1. The quantitative estimate of drug-likeness (QED) is 0.866. The number of nitrogens with two attached hydrogens (primary N) is 1. The van der Waals surface area contributed by atoms with Gasteiger partial charge in [0, 0.05) is 12.2 Å². The molecule has 0 heterocycles. The van der Waals surface area contributed by atoms with Gasteiger partial charge < -0.3 is 11.1 Å². The Kier molecular flexibility index (Phi) is 3.97. The summed E-state index contributed by atoms with van der Waals surface area (Å²) in [4.78, 5) is 12.3. The second kappa shape index (κ2) is 5.48. The summed E-state index contributed by atoms with van der Waals surface area (Å²) in [7, 11) is 0. The van der Waals surface area contributed by atoms with E-state index in [0.717, 1.165) is 32.1 Å². The van der Waals surface area contributed by atoms with Crippen LogP contribution in [0.4, 0.5) is 10.1 Å². The van der Waals surface area contributed by atoms with Crippen molar-refractivity contribution in [1.82, 2.24) is 0 Å². The van der Waals surface area contributed by atoms with Gasteiger partial charge in [-0.15, -0.1) is 0 Å². The molecule has 0 radical (unpaired) electrons. The third kappa shape index (κ3) is 2.70. The summed E-state index contributed by atoms with van der Waals surface area (Å²) >= 11 is 0. The average molecular weight is 250 g/mol. The fourth-order valence-electron chi connectivity index (χ4n) is 2.58. The van der Waals surface area contributed by atoms with Gasteiger partial charge in [0.05, 0.1) is 5.41 Å². The van der Waals surface area contributed by atoms with Crippen molar-refractivity contribution in [1.29, 1.82) is 0 Å². The van der Waals surface area contributed by atoms with E-state index in [9.17, 15) is 9.18 Å². The van der Waals surface area contributed by atoms with Crippen LogP contribution < -0.4 is 11.1 Å². The maximum atomic E-state index is 13.1. The Morgan fingerprint density at radius 3 is 2.67 bits per heavy atom. The van der Waals surface area contributed by atoms with Gasteiger partial charge in [0.1, 0.15) is 5.82 Å². The summed E-state index contributed by atoms with van der Waals surface area (Å²) in [5.74, 6) is -0.423. The highest BCUT2D eigenvalue weighted by atomic mass is 19.1. The van der Waals surface area contributed by atoms with Gasteiger partial charge in [-0.3, -0.25) is 4.79 Å². The number of hydrogen-bond donors (Lipinski definition) is 2. The molecule has 0 aromatic heterocycles. The van der Waals surface area contributed by atoms with Crippen molar-refractivity contribution in [3.05, 3.63) is 30.1 Å². The molecule has 3 N–H and O–H groups in total. The van der Waals surface area contributed by atoms with Gasteiger partial charge in [0.2, 0.25) is 5.91 Å². The lowest BCUT2D eigenvalue weighted by Crippen LogP contribution is -2.43. The first kappa shape index (κ1) is 13.0. The minimum Gasteiger partial charge on any atom is -0.329 e. The number of carbonyl (C=O) groups excluding carboxylic acids is 1. The van der Waals surface area contributed by atoms with Crippen molar-refractivity contribution in [3.63, 3.8) is 0 Å². The van der Waals surface area contributed by atoms with Crippen molar-refractivity contribution in [2.75, 3.05) is 11.9 Å². The summed E-state index contributed by atoms with van der Waals surface area (Å²) in [6, 6.07) is 5.95. The maximum absolute atomic E-state index is 13.1. The van der Waals surface area contributed by atoms with Crippen LogP contribution in [-0.4, -0.2) is 12.5 Å². The lowest BCUT2D eigenvalue weighted by atomic mass is 9.73. The molecule has 1 aliphatic rings. The minimum absolute atomic E-state index is 0.0738. The third-order valence-corrected chi connectivity index (χ3v) is 3.77. The number of benzene rings is 1. The average Bonchev–Trinajstić information content (AvgIpc) is 2.39. The van der Waals surface area contributed by atoms with Crippen LogP contribution in [0.25, 0.3) is 0 Å². The van der Waals surface area contributed by atoms with Crippen LogP contribution in [0.1, 0.15) is 32.1 Å². The standard InChI is InChI=1S/C14H19FN2O/c15-11-5-4-6-12(9-11)17-13(18)14(10-16)7-2-1-3-8-14/h4-6,9H,1-3,7-8,10,16H2,(H,17,18). The largest absolute Gasteiger partial charge is 0.329 e. The highest BCUT2D eigenvalue weighted by molar-refractivity contribution is 5.95. The predicted octanol–water partition coefficient (Wildman–Crippen LogP) is 2.67. The van der Waals surface area contributed by atoms with Crippen LogP contribution in [0.2, 0.25) is 0 Å². The van der Waals surface area contributed by atoms with E-state index in [2.05, 4.69) is 5.32 Å². The summed E-state index contributed by atoms with van der Waals surface area (Å²) in [5, 5.41) is 2.79. The smallest absolute Gasteiger partial charge is 0.231 e. The molecule has 0 bridgehead atoms. The van der Waals surface area contributed by atoms with E-state index in [-0.39, 0.29) is 11.7 Å². The molecular weight excluding hydrogens is 231 g/mol. The topological polar surface area (TPSA) is 55.1 Å². The SMILES string of the molecule is NCC1(C(=O)Nc2cccc(F)c2)CCCCC1. The van der Waals surface area contributed by atoms with E-state index < -0.39 is 5.41 Å². The number of carbonyl (C=O) groups is 1. The number of halogens is 1. The molecule has 0 saturated heterocycles. The van der Waals surface area contributed by atoms with Gasteiger partial charge in [-0.2, -0.15) is 0 Å². The zero-order valence-corrected chi connectivity index (χ0v) is 10.4. The van der Waals surface area contributed by atoms with Crippen LogP contribution in [-0.2, 0) is 4.79 Å². The van der Waals surface area contributed by atoms with Crippen LogP contribution in [0.3, 0.4) is 0 Å². The van der Waals surface area contributed by atoms with Crippen LogP contribution in [0, 0.1) is 11.2 Å². The first-order valence-corrected chi connectivity index (χ1v) is 6.43. The number of nitrogens with one attached hydrogen (secondary N) is 1. The summed E-state index contributed by atoms with van der Waals surface area (Å²) in [6.07, 6.45) is 4.88. The fourth-order valence-corrected chi connectivity index (χ4v) is 2.58. The molecule has 1 aromatic carbocycles. The Hall–Kier alpha value is -1.42. The van der Waals surface area contributed by atoms with Gasteiger partial charge in [-0.25, -0.2) is 4.39 Å². The van der Waals surface area contributed by atoms with Gasteiger partial charge in [0.15, 0.2) is 0 Å². The fraction of sp³-hybridized carbons (Fsp3) is 0.500. The normalized spacial score (nSPS) is 18.3. The van der Waals surface area contributed by atoms with Gasteiger partial charge >= 0.3 is 0 Å². The summed E-state index contributed by atoms with van der Waals surface area (Å²) < 4.78 is 13.1. The number of hydrogen-bond acceptors (Lipinski definition) is 2. The van der Waals surface area contributed by atoms with Gasteiger partial charge in [0.25, 0.3) is 0 Å². The van der Waals surface area contributed by atoms with E-state index in [1.54, 1.807) is 12.1 Å². The summed E-state index contributed by atoms with van der Waals surface area (Å²) in [6.45, 7) is 0.355. The number of rotatable bonds is 3. The van der Waals surface area contributed by atoms with Crippen molar-refractivity contribution >= 4 is 11.6 Å². The molecule has 98 valence electrons. The molecule has 1 saturated carbocycles. The molecule has 2 rings (SSSR count). The second-order valence-electron chi connectivity index (χ2n) is 5.01. The molecule has 0 atom stereocenters. The van der Waals surface area contributed by atoms with Crippen molar-refractivity contribution in [2.24, 2.45) is 11.1 Å². The molecule has 1 fully saturated rings. The van der Waals surface area contributed by atoms with Gasteiger partial charge in [-0.1, -0.05) is 25.3 Å². The van der Waals surface area contributed by atoms with E-state index >= 15 is 0 Å². The molecule has 0 aliphatic heterocycles. The van der Waals surface area contributed by atoms with E-state index in [1.807, 2.05) is 0 Å². The molecule has 1 aromatic rings. The van der Waals surface area contributed by atoms with Crippen LogP contribution in [0.15, 0.2) is 24.3 Å². The first-order chi connectivity index (χ1) is 8.66. The molecule has 18 heavy (non-hydrogen) atoms. The highest BCUT2D eigenvalue weighted by Crippen LogP contribution is 2.36. The Balaban J connectivity index is 2.10. The van der Waals surface area contributed by atoms with Crippen LogP contribution >= 0.6 is 0 Å². The monoisotopic (exact) mass is 250 g/mol. The maximum Gasteiger partial charge on any atom is 0.231 e. The zero-order chi connectivity index (χ0) is 13.0. The zero-order valence-electron chi connectivity index (χ0n) is 10.4. The molecular formula is C14H19FN2O. The van der Waals surface area contributed by atoms with Crippen molar-refractivity contribution in [3.8, 4) is 0 Å². The molecule has 4 heteroatoms. The molecule has 3 nitrogen and oxygen atoms in total. The van der Waals surface area contributed by atoms with E-state index in [4.69, 9.17) is 5.73 Å². The van der Waals surface area contributed by atoms with E-state index in [1.165, 1.54) is 12.1 Å². The van der Waals surface area contributed by atoms with E-state index in [0.29, 0.717) is 12.2 Å². The Morgan fingerprint density at radius 1 is 1.33 bits per heavy atom. The number of amides is 1. The molecule has 1 aliphatic carbocycles. The second-order valence-corrected chi connectivity index (χ2v) is 5.01. The Bertz CT molecular complexity index is 428. The molecule has 0 spiro atoms. The predicted molar refractivity (Wildman–Crippen MR) is 69.6 cm³/mol. The first-order valence-electron chi connectivity index (χ1n) is 6.43. The summed E-state index contributed by atoms with van der Waals surface area (Å²) in [5.41, 5.74) is 5.82. The third-order valence-electron chi connectivity index (χ3n) is 3.77. The minimum atomic E-state index is -0.468. The lowest BCUT2D eigenvalue weighted by molar-refractivity contribution is -0.126. The van der Waals surface area contributed by atoms with Gasteiger partial charge in [-0.05, 0) is 31.0 Å². The Morgan fingerprint density at radius 2 is 2.06 bits per heavy atom. The van der Waals surface area contributed by atoms with Crippen molar-refractivity contribution < 1.29 is 9.18 Å². The van der Waals surface area contributed by atoms with Crippen LogP contribution in [0.5, 0.6) is 0 Å². The molecule has 1 amide bonds. The Labute approximate surface area is 107 Å². The van der Waals surface area contributed by atoms with Crippen molar-refractivity contribution in [2.45, 2.75) is 32.1 Å². The highest BCUT2D eigenvalue weighted by Gasteiger charge is 2.38.